The Hall–Kier alpha value is -2.51. The van der Waals surface area contributed by atoms with Gasteiger partial charge >= 0.3 is 5.69 Å². The van der Waals surface area contributed by atoms with Crippen molar-refractivity contribution in [1.82, 2.24) is 19.7 Å². The molecule has 0 spiro atoms. The number of nitrogens with one attached hydrogen (secondary N) is 1. The van der Waals surface area contributed by atoms with E-state index < -0.39 is 0 Å². The molecule has 0 atom stereocenters. The van der Waals surface area contributed by atoms with Gasteiger partial charge in [0.2, 0.25) is 0 Å². The molecule has 1 N–H and O–H groups in total. The summed E-state index contributed by atoms with van der Waals surface area (Å²) >= 11 is 3.33. The van der Waals surface area contributed by atoms with Crippen molar-refractivity contribution in [3.8, 4) is 5.69 Å². The molecule has 0 unspecified atom stereocenters. The molecular formula is C18H17BrN4O2. The van der Waals surface area contributed by atoms with E-state index in [4.69, 9.17) is 0 Å². The first-order valence-corrected chi connectivity index (χ1v) is 8.55. The highest BCUT2D eigenvalue weighted by molar-refractivity contribution is 9.10. The van der Waals surface area contributed by atoms with Crippen LogP contribution in [0.3, 0.4) is 0 Å². The van der Waals surface area contributed by atoms with Crippen molar-refractivity contribution in [2.75, 3.05) is 7.05 Å². The summed E-state index contributed by atoms with van der Waals surface area (Å²) in [6, 6.07) is 14.6. The Morgan fingerprint density at radius 1 is 1.12 bits per heavy atom. The van der Waals surface area contributed by atoms with Crippen molar-refractivity contribution in [3.63, 3.8) is 0 Å². The third-order valence-corrected chi connectivity index (χ3v) is 4.32. The Morgan fingerprint density at radius 2 is 1.80 bits per heavy atom. The van der Waals surface area contributed by atoms with Crippen molar-refractivity contribution in [2.24, 2.45) is 0 Å². The number of ketones is 1. The number of rotatable bonds is 6. The molecule has 0 fully saturated rings. The fourth-order valence-electron chi connectivity index (χ4n) is 2.46. The zero-order valence-corrected chi connectivity index (χ0v) is 15.2. The fourth-order valence-corrected chi connectivity index (χ4v) is 2.73. The van der Waals surface area contributed by atoms with Crippen LogP contribution in [0.15, 0.2) is 64.1 Å². The first-order chi connectivity index (χ1) is 12.1. The van der Waals surface area contributed by atoms with Crippen molar-refractivity contribution >= 4 is 21.7 Å². The van der Waals surface area contributed by atoms with E-state index in [1.165, 1.54) is 15.6 Å². The number of carbonyl (C=O) groups is 1. The summed E-state index contributed by atoms with van der Waals surface area (Å²) in [5.74, 6) is -0.163. The van der Waals surface area contributed by atoms with Crippen LogP contribution in [0, 0.1) is 0 Å². The Kier molecular flexibility index (Phi) is 5.25. The van der Waals surface area contributed by atoms with Crippen molar-refractivity contribution in [2.45, 2.75) is 13.1 Å². The lowest BCUT2D eigenvalue weighted by Gasteiger charge is -2.03. The first kappa shape index (κ1) is 17.3. The molecule has 128 valence electrons. The second-order valence-electron chi connectivity index (χ2n) is 5.57. The molecule has 6 nitrogen and oxygen atoms in total. The van der Waals surface area contributed by atoms with Crippen molar-refractivity contribution in [1.29, 1.82) is 0 Å². The van der Waals surface area contributed by atoms with Crippen LogP contribution in [-0.2, 0) is 13.1 Å². The van der Waals surface area contributed by atoms with Gasteiger partial charge in [-0.25, -0.2) is 14.0 Å². The van der Waals surface area contributed by atoms with Crippen LogP contribution < -0.4 is 11.0 Å². The lowest BCUT2D eigenvalue weighted by Crippen LogP contribution is -2.27. The Bertz CT molecular complexity index is 927. The Labute approximate surface area is 153 Å². The van der Waals surface area contributed by atoms with Gasteiger partial charge in [-0.1, -0.05) is 40.2 Å². The number of hydrogen-bond acceptors (Lipinski definition) is 4. The standard InChI is InChI=1S/C18H17BrN4O2/c1-20-10-13-2-8-16(9-3-13)22-12-21-23(18(22)25)11-17(24)14-4-6-15(19)7-5-14/h2-9,12,20H,10-11H2,1H3. The SMILES string of the molecule is CNCc1ccc(-n2cnn(CC(=O)c3ccc(Br)cc3)c2=O)cc1. The van der Waals surface area contributed by atoms with E-state index in [0.717, 1.165) is 16.6 Å². The van der Waals surface area contributed by atoms with E-state index in [2.05, 4.69) is 26.3 Å². The zero-order valence-electron chi connectivity index (χ0n) is 13.6. The highest BCUT2D eigenvalue weighted by atomic mass is 79.9. The molecule has 1 heterocycles. The maximum Gasteiger partial charge on any atom is 0.350 e. The van der Waals surface area contributed by atoms with Gasteiger partial charge in [-0.15, -0.1) is 0 Å². The van der Waals surface area contributed by atoms with E-state index in [1.54, 1.807) is 24.3 Å². The fraction of sp³-hybridized carbons (Fsp3) is 0.167. The first-order valence-electron chi connectivity index (χ1n) is 7.75. The Morgan fingerprint density at radius 3 is 2.44 bits per heavy atom. The van der Waals surface area contributed by atoms with Crippen molar-refractivity contribution < 1.29 is 4.79 Å². The summed E-state index contributed by atoms with van der Waals surface area (Å²) in [6.07, 6.45) is 1.43. The maximum absolute atomic E-state index is 12.5. The normalized spacial score (nSPS) is 10.8. The highest BCUT2D eigenvalue weighted by Crippen LogP contribution is 2.11. The molecule has 0 bridgehead atoms. The molecule has 0 radical (unpaired) electrons. The van der Waals surface area contributed by atoms with Gasteiger partial charge in [0.25, 0.3) is 0 Å². The number of halogens is 1. The second kappa shape index (κ2) is 7.58. The average molecular weight is 401 g/mol. The molecule has 3 aromatic rings. The summed E-state index contributed by atoms with van der Waals surface area (Å²) in [6.45, 7) is 0.668. The smallest absolute Gasteiger partial charge is 0.316 e. The van der Waals surface area contributed by atoms with Gasteiger partial charge in [-0.05, 0) is 36.9 Å². The predicted molar refractivity (Wildman–Crippen MR) is 99.1 cm³/mol. The minimum atomic E-state index is -0.341. The number of carbonyl (C=O) groups excluding carboxylic acids is 1. The van der Waals surface area contributed by atoms with Crippen LogP contribution in [0.25, 0.3) is 5.69 Å². The minimum Gasteiger partial charge on any atom is -0.316 e. The van der Waals surface area contributed by atoms with Crippen LogP contribution in [0.1, 0.15) is 15.9 Å². The summed E-state index contributed by atoms with van der Waals surface area (Å²) in [4.78, 5) is 24.8. The number of Topliss-reactive ketones (excluding diaryl/α,β-unsaturated/α-hetero) is 1. The molecule has 7 heteroatoms. The van der Waals surface area contributed by atoms with Crippen LogP contribution >= 0.6 is 15.9 Å². The van der Waals surface area contributed by atoms with E-state index in [1.807, 2.05) is 31.3 Å². The summed E-state index contributed by atoms with van der Waals surface area (Å²) in [5, 5.41) is 7.13. The monoisotopic (exact) mass is 400 g/mol. The van der Waals surface area contributed by atoms with Gasteiger partial charge in [0.1, 0.15) is 12.9 Å². The van der Waals surface area contributed by atoms with E-state index >= 15 is 0 Å². The average Bonchev–Trinajstić information content (AvgIpc) is 2.97. The lowest BCUT2D eigenvalue weighted by atomic mass is 10.1. The molecule has 25 heavy (non-hydrogen) atoms. The van der Waals surface area contributed by atoms with Gasteiger partial charge in [-0.2, -0.15) is 5.10 Å². The molecule has 2 aromatic carbocycles. The van der Waals surface area contributed by atoms with E-state index in [-0.39, 0.29) is 18.0 Å². The van der Waals surface area contributed by atoms with Crippen molar-refractivity contribution in [3.05, 3.63) is 80.9 Å². The van der Waals surface area contributed by atoms with E-state index in [0.29, 0.717) is 11.3 Å². The zero-order chi connectivity index (χ0) is 17.8. The number of nitrogens with zero attached hydrogens (tertiary/aromatic N) is 3. The quantitative estimate of drug-likeness (QED) is 0.645. The largest absolute Gasteiger partial charge is 0.350 e. The van der Waals surface area contributed by atoms with Gasteiger partial charge in [-0.3, -0.25) is 4.79 Å². The highest BCUT2D eigenvalue weighted by Gasteiger charge is 2.12. The maximum atomic E-state index is 12.5. The van der Waals surface area contributed by atoms with Gasteiger partial charge < -0.3 is 5.32 Å². The second-order valence-corrected chi connectivity index (χ2v) is 6.48. The molecule has 0 amide bonds. The van der Waals surface area contributed by atoms with E-state index in [9.17, 15) is 9.59 Å². The molecule has 0 aliphatic carbocycles. The molecule has 3 rings (SSSR count). The lowest BCUT2D eigenvalue weighted by molar-refractivity contribution is 0.0966. The summed E-state index contributed by atoms with van der Waals surface area (Å²) < 4.78 is 3.50. The van der Waals surface area contributed by atoms with Gasteiger partial charge in [0, 0.05) is 16.6 Å². The minimum absolute atomic E-state index is 0.0920. The Balaban J connectivity index is 1.80. The third-order valence-electron chi connectivity index (χ3n) is 3.79. The molecular weight excluding hydrogens is 384 g/mol. The van der Waals surface area contributed by atoms with Crippen LogP contribution in [-0.4, -0.2) is 27.2 Å². The van der Waals surface area contributed by atoms with Crippen LogP contribution in [0.5, 0.6) is 0 Å². The molecule has 0 aliphatic rings. The predicted octanol–water partition coefficient (Wildman–Crippen LogP) is 2.40. The number of aromatic nitrogens is 3. The molecule has 0 saturated heterocycles. The summed E-state index contributed by atoms with van der Waals surface area (Å²) in [5.41, 5.74) is 2.04. The number of benzene rings is 2. The topological polar surface area (TPSA) is 68.9 Å². The third kappa shape index (κ3) is 3.94. The van der Waals surface area contributed by atoms with Gasteiger partial charge in [0.05, 0.1) is 5.69 Å². The molecule has 0 saturated carbocycles. The molecule has 0 aliphatic heterocycles. The number of hydrogen-bond donors (Lipinski definition) is 1. The van der Waals surface area contributed by atoms with Crippen LogP contribution in [0.2, 0.25) is 0 Å². The summed E-state index contributed by atoms with van der Waals surface area (Å²) in [7, 11) is 1.88. The van der Waals surface area contributed by atoms with Gasteiger partial charge in [0.15, 0.2) is 5.78 Å². The van der Waals surface area contributed by atoms with Crippen LogP contribution in [0.4, 0.5) is 0 Å². The molecule has 1 aromatic heterocycles.